The maximum atomic E-state index is 12.0. The van der Waals surface area contributed by atoms with Crippen LogP contribution in [0.3, 0.4) is 0 Å². The molecule has 8 heteroatoms. The Hall–Kier alpha value is 0.870. The Morgan fingerprint density at radius 3 is 2.44 bits per heavy atom. The van der Waals surface area contributed by atoms with Crippen LogP contribution in [0.25, 0.3) is 0 Å². The predicted molar refractivity (Wildman–Crippen MR) is 82.6 cm³/mol. The summed E-state index contributed by atoms with van der Waals surface area (Å²) in [5.74, 6) is 1.89. The van der Waals surface area contributed by atoms with Crippen molar-refractivity contribution < 1.29 is 5.11 Å². The molecule has 1 heterocycles. The second-order valence-corrected chi connectivity index (χ2v) is 15.8. The van der Waals surface area contributed by atoms with E-state index in [4.69, 9.17) is 17.4 Å². The Labute approximate surface area is 113 Å². The van der Waals surface area contributed by atoms with Gasteiger partial charge in [-0.25, -0.2) is 3.96 Å². The van der Waals surface area contributed by atoms with E-state index >= 15 is 0 Å². The largest absolute Gasteiger partial charge is 0.375 e. The number of hydrogen-bond acceptors (Lipinski definition) is 6. The zero-order chi connectivity index (χ0) is 12.2. The average molecular weight is 316 g/mol. The van der Waals surface area contributed by atoms with E-state index in [1.165, 1.54) is 15.5 Å². The molecule has 0 spiro atoms. The molecule has 0 aliphatic rings. The minimum Gasteiger partial charge on any atom is -0.375 e. The van der Waals surface area contributed by atoms with Crippen molar-refractivity contribution in [3.8, 4) is 0 Å². The molecule has 1 rings (SSSR count). The van der Waals surface area contributed by atoms with Crippen molar-refractivity contribution in [2.24, 2.45) is 0 Å². The Bertz CT molecular complexity index is 386. The second kappa shape index (κ2) is 6.71. The molecule has 0 aliphatic heterocycles. The first-order valence-electron chi connectivity index (χ1n) is 4.80. The van der Waals surface area contributed by atoms with Gasteiger partial charge in [0.15, 0.2) is 0 Å². The molecule has 1 N–H and O–H groups in total. The van der Waals surface area contributed by atoms with Crippen molar-refractivity contribution >= 4 is 56.7 Å². The molecule has 0 aromatic carbocycles. The predicted octanol–water partition coefficient (Wildman–Crippen LogP) is 2.68. The van der Waals surface area contributed by atoms with E-state index in [0.29, 0.717) is 0 Å². The van der Waals surface area contributed by atoms with Crippen molar-refractivity contribution in [3.63, 3.8) is 0 Å². The highest BCUT2D eigenvalue weighted by molar-refractivity contribution is 9.17. The number of aliphatic hydroxyl groups is 1. The fourth-order valence-electron chi connectivity index (χ4n) is 1.15. The van der Waals surface area contributed by atoms with Gasteiger partial charge in [-0.3, -0.25) is 4.79 Å². The molecule has 1 aromatic rings. The lowest BCUT2D eigenvalue weighted by Crippen LogP contribution is -2.26. The molecule has 16 heavy (non-hydrogen) atoms. The second-order valence-electron chi connectivity index (χ2n) is 2.79. The maximum absolute atomic E-state index is 12.0. The summed E-state index contributed by atoms with van der Waals surface area (Å²) in [5.41, 5.74) is -0.0854. The summed E-state index contributed by atoms with van der Waals surface area (Å²) in [6.45, 7) is 3.90. The summed E-state index contributed by atoms with van der Waals surface area (Å²) < 4.78 is 1.35. The minimum absolute atomic E-state index is 0.0854. The van der Waals surface area contributed by atoms with E-state index in [1.54, 1.807) is 22.8 Å². The molecule has 0 amide bonds. The normalized spacial score (nSPS) is 12.0. The maximum Gasteiger partial charge on any atom is 0.308 e. The molecule has 0 radical (unpaired) electrons. The third-order valence-electron chi connectivity index (χ3n) is 1.78. The Morgan fingerprint density at radius 2 is 2.06 bits per heavy atom. The zero-order valence-corrected chi connectivity index (χ0v) is 13.4. The van der Waals surface area contributed by atoms with Gasteiger partial charge in [0.1, 0.15) is 6.73 Å². The highest BCUT2D eigenvalue weighted by Crippen LogP contribution is 2.81. The fraction of sp³-hybridized carbons (Fsp3) is 0.625. The molecule has 0 atom stereocenters. The summed E-state index contributed by atoms with van der Waals surface area (Å²) >= 11 is 9.49. The first-order valence-corrected chi connectivity index (χ1v) is 11.8. The van der Waals surface area contributed by atoms with Gasteiger partial charge in [-0.2, -0.15) is 0 Å². The van der Waals surface area contributed by atoms with Gasteiger partial charge >= 0.3 is 5.56 Å². The highest BCUT2D eigenvalue weighted by Gasteiger charge is 2.43. The van der Waals surface area contributed by atoms with Gasteiger partial charge in [-0.05, 0) is 0 Å². The summed E-state index contributed by atoms with van der Waals surface area (Å²) in [5, 5.41) is 11.6. The Morgan fingerprint density at radius 1 is 1.50 bits per heavy atom. The van der Waals surface area contributed by atoms with Gasteiger partial charge in [0.05, 0.1) is 5.38 Å². The lowest BCUT2D eigenvalue weighted by atomic mass is 10.7. The Balaban J connectivity index is 3.10. The van der Waals surface area contributed by atoms with Crippen LogP contribution in [0.5, 0.6) is 0 Å². The van der Waals surface area contributed by atoms with Crippen LogP contribution in [0.15, 0.2) is 10.2 Å². The number of nitrogens with zero attached hydrogens (tertiary/aromatic N) is 1. The van der Waals surface area contributed by atoms with Crippen LogP contribution >= 0.6 is 51.4 Å². The van der Waals surface area contributed by atoms with Gasteiger partial charge in [0.2, 0.25) is 10.2 Å². The molecule has 0 saturated carbocycles. The van der Waals surface area contributed by atoms with E-state index < -0.39 is 4.87 Å². The van der Waals surface area contributed by atoms with Crippen LogP contribution in [0.1, 0.15) is 13.8 Å². The van der Waals surface area contributed by atoms with E-state index in [0.717, 1.165) is 16.8 Å². The summed E-state index contributed by atoms with van der Waals surface area (Å²) in [4.78, 5) is 10.2. The van der Waals surface area contributed by atoms with Gasteiger partial charge in [-0.15, -0.1) is 0 Å². The van der Waals surface area contributed by atoms with Crippen LogP contribution in [-0.2, 0) is 6.73 Å². The van der Waals surface area contributed by atoms with E-state index in [2.05, 4.69) is 13.8 Å². The SMILES string of the molecule is CCS[P+](S)(SCC)c1csn(CO)c1=O. The van der Waals surface area contributed by atoms with E-state index in [-0.39, 0.29) is 12.3 Å². The quantitative estimate of drug-likeness (QED) is 0.625. The van der Waals surface area contributed by atoms with Crippen molar-refractivity contribution in [1.82, 2.24) is 3.96 Å². The van der Waals surface area contributed by atoms with Crippen molar-refractivity contribution in [3.05, 3.63) is 15.7 Å². The monoisotopic (exact) mass is 316 g/mol. The summed E-state index contributed by atoms with van der Waals surface area (Å²) in [6.07, 6.45) is 0. The van der Waals surface area contributed by atoms with Gasteiger partial charge in [-0.1, -0.05) is 25.4 Å². The standard InChI is InChI=1S/C8H15NO2PS4/c1-3-15-12(13,16-4-2)7-5-14-9(6-10)8(7)11/h5,10,13H,3-4,6H2,1-2H3/q+1. The summed E-state index contributed by atoms with van der Waals surface area (Å²) in [6, 6.07) is 0. The van der Waals surface area contributed by atoms with Gasteiger partial charge in [0.25, 0.3) is 0 Å². The lowest BCUT2D eigenvalue weighted by molar-refractivity contribution is 0.219. The first-order chi connectivity index (χ1) is 7.59. The molecule has 0 saturated heterocycles. The number of thiol groups is 1. The average Bonchev–Trinajstić information content (AvgIpc) is 2.60. The van der Waals surface area contributed by atoms with Crippen molar-refractivity contribution in [1.29, 1.82) is 0 Å². The number of hydrogen-bond donors (Lipinski definition) is 2. The van der Waals surface area contributed by atoms with Crippen LogP contribution in [0.2, 0.25) is 0 Å². The smallest absolute Gasteiger partial charge is 0.308 e. The molecule has 3 nitrogen and oxygen atoms in total. The topological polar surface area (TPSA) is 42.2 Å². The van der Waals surface area contributed by atoms with Gasteiger partial charge in [0, 0.05) is 46.5 Å². The molecule has 92 valence electrons. The molecular formula is C8H15NO2PS4+. The lowest BCUT2D eigenvalue weighted by Gasteiger charge is -2.12. The van der Waals surface area contributed by atoms with Crippen LogP contribution in [-0.4, -0.2) is 20.6 Å². The summed E-state index contributed by atoms with van der Waals surface area (Å²) in [7, 11) is 0. The zero-order valence-electron chi connectivity index (χ0n) is 9.12. The molecular weight excluding hydrogens is 301 g/mol. The molecule has 0 fully saturated rings. The van der Waals surface area contributed by atoms with Crippen LogP contribution < -0.4 is 10.9 Å². The fourth-order valence-corrected chi connectivity index (χ4v) is 13.6. The van der Waals surface area contributed by atoms with Crippen molar-refractivity contribution in [2.75, 3.05) is 11.5 Å². The van der Waals surface area contributed by atoms with E-state index in [1.807, 2.05) is 5.38 Å². The third kappa shape index (κ3) is 3.21. The van der Waals surface area contributed by atoms with Crippen molar-refractivity contribution in [2.45, 2.75) is 20.6 Å². The highest BCUT2D eigenvalue weighted by atomic mass is 33.4. The number of aromatic nitrogens is 1. The molecule has 0 aliphatic carbocycles. The molecule has 0 unspecified atom stereocenters. The van der Waals surface area contributed by atoms with Gasteiger partial charge < -0.3 is 5.11 Å². The van der Waals surface area contributed by atoms with E-state index in [9.17, 15) is 4.79 Å². The third-order valence-corrected chi connectivity index (χ3v) is 14.4. The number of rotatable bonds is 6. The number of aliphatic hydroxyl groups excluding tert-OH is 1. The molecule has 1 aromatic heterocycles. The Kier molecular flexibility index (Phi) is 6.26. The minimum atomic E-state index is -1.76. The van der Waals surface area contributed by atoms with Crippen LogP contribution in [0, 0.1) is 0 Å². The first kappa shape index (κ1) is 14.9. The van der Waals surface area contributed by atoms with Crippen LogP contribution in [0.4, 0.5) is 0 Å². The molecule has 0 bridgehead atoms.